The lowest BCUT2D eigenvalue weighted by atomic mass is 9.97. The highest BCUT2D eigenvalue weighted by Crippen LogP contribution is 2.31. The topological polar surface area (TPSA) is 77.7 Å². The van der Waals surface area contributed by atoms with Crippen molar-refractivity contribution >= 4 is 17.2 Å². The minimum Gasteiger partial charge on any atom is -0.493 e. The van der Waals surface area contributed by atoms with Gasteiger partial charge in [-0.3, -0.25) is 4.79 Å². The van der Waals surface area contributed by atoms with Crippen molar-refractivity contribution in [2.45, 2.75) is 18.8 Å². The number of rotatable bonds is 5. The molecule has 1 saturated heterocycles. The van der Waals surface area contributed by atoms with E-state index in [2.05, 4.69) is 10.2 Å². The van der Waals surface area contributed by atoms with Crippen LogP contribution in [0.5, 0.6) is 11.5 Å². The van der Waals surface area contributed by atoms with Crippen LogP contribution in [0.1, 0.15) is 35.0 Å². The van der Waals surface area contributed by atoms with Crippen molar-refractivity contribution in [1.29, 1.82) is 0 Å². The molecule has 0 N–H and O–H groups in total. The summed E-state index contributed by atoms with van der Waals surface area (Å²) in [5.74, 6) is 2.26. The van der Waals surface area contributed by atoms with E-state index in [1.165, 1.54) is 0 Å². The maximum atomic E-state index is 13.0. The highest BCUT2D eigenvalue weighted by atomic mass is 32.1. The number of thiophene rings is 1. The van der Waals surface area contributed by atoms with Gasteiger partial charge in [0.1, 0.15) is 0 Å². The maximum absolute atomic E-state index is 13.0. The number of aromatic nitrogens is 2. The molecule has 4 rings (SSSR count). The van der Waals surface area contributed by atoms with Gasteiger partial charge in [-0.25, -0.2) is 0 Å². The molecule has 0 spiro atoms. The van der Waals surface area contributed by atoms with Crippen molar-refractivity contribution in [3.63, 3.8) is 0 Å². The average Bonchev–Trinajstić information content (AvgIpc) is 3.44. The second-order valence-corrected chi connectivity index (χ2v) is 7.40. The van der Waals surface area contributed by atoms with Gasteiger partial charge in [-0.2, -0.15) is 11.3 Å². The summed E-state index contributed by atoms with van der Waals surface area (Å²) >= 11 is 1.59. The minimum atomic E-state index is -0.0387. The Morgan fingerprint density at radius 2 is 2.07 bits per heavy atom. The van der Waals surface area contributed by atoms with Gasteiger partial charge in [0.2, 0.25) is 11.8 Å². The zero-order valence-electron chi connectivity index (χ0n) is 15.8. The van der Waals surface area contributed by atoms with Gasteiger partial charge in [-0.1, -0.05) is 0 Å². The zero-order valence-corrected chi connectivity index (χ0v) is 16.6. The van der Waals surface area contributed by atoms with E-state index < -0.39 is 0 Å². The average molecular weight is 399 g/mol. The van der Waals surface area contributed by atoms with E-state index in [1.807, 2.05) is 21.7 Å². The number of methoxy groups -OCH3 is 2. The normalized spacial score (nSPS) is 16.8. The number of nitrogens with zero attached hydrogens (tertiary/aromatic N) is 3. The molecule has 1 aromatic carbocycles. The second kappa shape index (κ2) is 8.02. The van der Waals surface area contributed by atoms with Crippen molar-refractivity contribution in [1.82, 2.24) is 15.1 Å². The highest BCUT2D eigenvalue weighted by molar-refractivity contribution is 7.08. The summed E-state index contributed by atoms with van der Waals surface area (Å²) in [7, 11) is 3.13. The first-order valence-corrected chi connectivity index (χ1v) is 10.0. The summed E-state index contributed by atoms with van der Waals surface area (Å²) in [5.41, 5.74) is 1.50. The fraction of sp³-hybridized carbons (Fsp3) is 0.350. The van der Waals surface area contributed by atoms with Crippen LogP contribution in [0.2, 0.25) is 0 Å². The van der Waals surface area contributed by atoms with Gasteiger partial charge in [-0.15, -0.1) is 10.2 Å². The molecule has 2 aromatic heterocycles. The van der Waals surface area contributed by atoms with Crippen molar-refractivity contribution in [2.24, 2.45) is 0 Å². The van der Waals surface area contributed by atoms with E-state index in [4.69, 9.17) is 13.9 Å². The molecule has 3 aromatic rings. The number of amides is 1. The van der Waals surface area contributed by atoms with Gasteiger partial charge in [-0.05, 0) is 42.5 Å². The van der Waals surface area contributed by atoms with Crippen LogP contribution < -0.4 is 9.47 Å². The summed E-state index contributed by atoms with van der Waals surface area (Å²) < 4.78 is 16.4. The summed E-state index contributed by atoms with van der Waals surface area (Å²) in [6.07, 6.45) is 1.81. The number of piperidine rings is 1. The smallest absolute Gasteiger partial charge is 0.254 e. The van der Waals surface area contributed by atoms with Gasteiger partial charge in [0.25, 0.3) is 5.91 Å². The van der Waals surface area contributed by atoms with Crippen LogP contribution in [0.15, 0.2) is 39.4 Å². The number of likely N-dealkylation sites (tertiary alicyclic amines) is 1. The molecule has 0 aliphatic carbocycles. The third-order valence-electron chi connectivity index (χ3n) is 4.90. The molecule has 28 heavy (non-hydrogen) atoms. The lowest BCUT2D eigenvalue weighted by Gasteiger charge is -2.31. The number of ether oxygens (including phenoxy) is 2. The van der Waals surface area contributed by atoms with Crippen molar-refractivity contribution in [3.05, 3.63) is 46.5 Å². The van der Waals surface area contributed by atoms with Crippen molar-refractivity contribution in [3.8, 4) is 23.0 Å². The van der Waals surface area contributed by atoms with Gasteiger partial charge in [0.05, 0.1) is 20.1 Å². The Morgan fingerprint density at radius 1 is 1.21 bits per heavy atom. The highest BCUT2D eigenvalue weighted by Gasteiger charge is 2.29. The lowest BCUT2D eigenvalue weighted by molar-refractivity contribution is 0.0698. The van der Waals surface area contributed by atoms with E-state index in [9.17, 15) is 4.79 Å². The Morgan fingerprint density at radius 3 is 2.82 bits per heavy atom. The monoisotopic (exact) mass is 399 g/mol. The van der Waals surface area contributed by atoms with Crippen LogP contribution in [0.25, 0.3) is 11.5 Å². The predicted octanol–water partition coefficient (Wildman–Crippen LogP) is 3.84. The van der Waals surface area contributed by atoms with Crippen molar-refractivity contribution < 1.29 is 18.7 Å². The molecule has 1 aliphatic rings. The molecule has 1 atom stereocenters. The van der Waals surface area contributed by atoms with E-state index >= 15 is 0 Å². The Bertz CT molecular complexity index is 954. The first-order valence-electron chi connectivity index (χ1n) is 9.07. The van der Waals surface area contributed by atoms with E-state index in [0.29, 0.717) is 41.9 Å². The van der Waals surface area contributed by atoms with Crippen LogP contribution in [0.3, 0.4) is 0 Å². The Kier molecular flexibility index (Phi) is 5.29. The zero-order chi connectivity index (χ0) is 19.5. The second-order valence-electron chi connectivity index (χ2n) is 6.62. The fourth-order valence-electron chi connectivity index (χ4n) is 3.42. The molecule has 7 nitrogen and oxygen atoms in total. The molecule has 1 amide bonds. The van der Waals surface area contributed by atoms with Crippen LogP contribution in [-0.4, -0.2) is 48.3 Å². The summed E-state index contributed by atoms with van der Waals surface area (Å²) in [6.45, 7) is 1.26. The van der Waals surface area contributed by atoms with Crippen LogP contribution in [0.4, 0.5) is 0 Å². The van der Waals surface area contributed by atoms with Crippen molar-refractivity contribution in [2.75, 3.05) is 27.3 Å². The standard InChI is InChI=1S/C20H21N3O4S/c1-25-16-6-5-13(10-17(16)26-2)20(24)23-8-3-4-14(11-23)18-21-22-19(27-18)15-7-9-28-12-15/h5-7,9-10,12,14H,3-4,8,11H2,1-2H3. The molecule has 146 valence electrons. The van der Waals surface area contributed by atoms with Crippen LogP contribution in [-0.2, 0) is 0 Å². The number of carbonyl (C=O) groups is 1. The molecule has 3 heterocycles. The van der Waals surface area contributed by atoms with Gasteiger partial charge in [0.15, 0.2) is 11.5 Å². The first kappa shape index (κ1) is 18.5. The summed E-state index contributed by atoms with van der Waals surface area (Å²) in [6, 6.07) is 7.18. The summed E-state index contributed by atoms with van der Waals surface area (Å²) in [5, 5.41) is 12.3. The van der Waals surface area contributed by atoms with Gasteiger partial charge >= 0.3 is 0 Å². The third kappa shape index (κ3) is 3.60. The molecule has 1 fully saturated rings. The number of hydrogen-bond acceptors (Lipinski definition) is 7. The SMILES string of the molecule is COc1ccc(C(=O)N2CCCC(c3nnc(-c4ccsc4)o3)C2)cc1OC. The lowest BCUT2D eigenvalue weighted by Crippen LogP contribution is -2.39. The van der Waals surface area contributed by atoms with Gasteiger partial charge < -0.3 is 18.8 Å². The minimum absolute atomic E-state index is 0.0387. The van der Waals surface area contributed by atoms with Crippen LogP contribution >= 0.6 is 11.3 Å². The summed E-state index contributed by atoms with van der Waals surface area (Å²) in [4.78, 5) is 14.8. The Labute approximate surface area is 166 Å². The molecular formula is C20H21N3O4S. The fourth-order valence-corrected chi connectivity index (χ4v) is 4.05. The third-order valence-corrected chi connectivity index (χ3v) is 5.58. The number of hydrogen-bond donors (Lipinski definition) is 0. The van der Waals surface area contributed by atoms with Gasteiger partial charge in [0, 0.05) is 29.6 Å². The Balaban J connectivity index is 1.50. The quantitative estimate of drug-likeness (QED) is 0.649. The Hall–Kier alpha value is -2.87. The maximum Gasteiger partial charge on any atom is 0.254 e. The van der Waals surface area contributed by atoms with Crippen LogP contribution in [0, 0.1) is 0 Å². The molecule has 0 radical (unpaired) electrons. The first-order chi connectivity index (χ1) is 13.7. The largest absolute Gasteiger partial charge is 0.493 e. The molecule has 1 unspecified atom stereocenters. The van der Waals surface area contributed by atoms with E-state index in [-0.39, 0.29) is 11.8 Å². The predicted molar refractivity (Wildman–Crippen MR) is 105 cm³/mol. The number of benzene rings is 1. The number of carbonyl (C=O) groups excluding carboxylic acids is 1. The molecule has 0 saturated carbocycles. The molecule has 8 heteroatoms. The molecular weight excluding hydrogens is 378 g/mol. The van der Waals surface area contributed by atoms with E-state index in [0.717, 1.165) is 18.4 Å². The molecule has 0 bridgehead atoms. The molecule has 1 aliphatic heterocycles. The van der Waals surface area contributed by atoms with E-state index in [1.54, 1.807) is 43.8 Å².